The molecule has 0 saturated heterocycles. The van der Waals surface area contributed by atoms with E-state index in [1.54, 1.807) is 19.1 Å². The van der Waals surface area contributed by atoms with E-state index in [1.807, 2.05) is 0 Å². The Kier molecular flexibility index (Phi) is 6.63. The van der Waals surface area contributed by atoms with E-state index in [0.717, 1.165) is 5.06 Å². The van der Waals surface area contributed by atoms with E-state index in [0.29, 0.717) is 13.2 Å². The van der Waals surface area contributed by atoms with E-state index in [4.69, 9.17) is 9.57 Å². The summed E-state index contributed by atoms with van der Waals surface area (Å²) in [5.41, 5.74) is 0. The smallest absolute Gasteiger partial charge is 0.434 e. The molecule has 0 N–H and O–H groups in total. The molecular formula is C9H15NO3. The molecule has 0 aromatic heterocycles. The molecule has 0 spiro atoms. The number of nitrogens with zero attached hydrogens (tertiary/aromatic N) is 1. The first-order valence-corrected chi connectivity index (χ1v) is 4.05. The van der Waals surface area contributed by atoms with Crippen LogP contribution in [0, 0.1) is 0 Å². The molecule has 0 aliphatic rings. The van der Waals surface area contributed by atoms with Gasteiger partial charge in [0.2, 0.25) is 0 Å². The lowest BCUT2D eigenvalue weighted by atomic mass is 10.6. The molecule has 4 nitrogen and oxygen atoms in total. The van der Waals surface area contributed by atoms with Gasteiger partial charge in [0.15, 0.2) is 0 Å². The average Bonchev–Trinajstić information content (AvgIpc) is 2.12. The fraction of sp³-hybridized carbons (Fsp3) is 0.444. The highest BCUT2D eigenvalue weighted by molar-refractivity contribution is 5.66. The Morgan fingerprint density at radius 2 is 2.15 bits per heavy atom. The van der Waals surface area contributed by atoms with E-state index >= 15 is 0 Å². The van der Waals surface area contributed by atoms with Crippen molar-refractivity contribution in [3.05, 3.63) is 25.3 Å². The number of amides is 1. The molecule has 4 heteroatoms. The maximum Gasteiger partial charge on any atom is 0.434 e. The van der Waals surface area contributed by atoms with Crippen molar-refractivity contribution in [2.45, 2.75) is 6.92 Å². The summed E-state index contributed by atoms with van der Waals surface area (Å²) in [5.74, 6) is 0. The summed E-state index contributed by atoms with van der Waals surface area (Å²) in [6.07, 6.45) is 2.60. The van der Waals surface area contributed by atoms with Crippen LogP contribution in [-0.4, -0.2) is 30.9 Å². The zero-order chi connectivity index (χ0) is 10.1. The number of ether oxygens (including phenoxy) is 1. The van der Waals surface area contributed by atoms with Crippen molar-refractivity contribution in [2.75, 3.05) is 19.8 Å². The van der Waals surface area contributed by atoms with Crippen LogP contribution in [0.3, 0.4) is 0 Å². The third kappa shape index (κ3) is 5.03. The fourth-order valence-electron chi connectivity index (χ4n) is 0.635. The molecule has 0 saturated carbocycles. The highest BCUT2D eigenvalue weighted by Crippen LogP contribution is 1.96. The number of carbonyl (C=O) groups excluding carboxylic acids is 1. The zero-order valence-electron chi connectivity index (χ0n) is 7.86. The van der Waals surface area contributed by atoms with Crippen molar-refractivity contribution in [2.24, 2.45) is 0 Å². The Morgan fingerprint density at radius 1 is 1.46 bits per heavy atom. The zero-order valence-corrected chi connectivity index (χ0v) is 7.86. The summed E-state index contributed by atoms with van der Waals surface area (Å²) in [6.45, 7) is 9.59. The van der Waals surface area contributed by atoms with Crippen molar-refractivity contribution in [3.8, 4) is 0 Å². The molecule has 0 aromatic carbocycles. The van der Waals surface area contributed by atoms with Crippen LogP contribution in [0.2, 0.25) is 0 Å². The van der Waals surface area contributed by atoms with Crippen LogP contribution >= 0.6 is 0 Å². The summed E-state index contributed by atoms with van der Waals surface area (Å²) in [7, 11) is 0. The van der Waals surface area contributed by atoms with Crippen molar-refractivity contribution in [3.63, 3.8) is 0 Å². The standard InChI is InChI=1S/C9H15NO3/c1-4-7-10(13-8-5-2)9(11)12-6-3/h4-5H,1-2,6-8H2,3H3. The summed E-state index contributed by atoms with van der Waals surface area (Å²) >= 11 is 0. The largest absolute Gasteiger partial charge is 0.448 e. The van der Waals surface area contributed by atoms with Crippen molar-refractivity contribution in [1.82, 2.24) is 5.06 Å². The molecule has 0 aliphatic carbocycles. The summed E-state index contributed by atoms with van der Waals surface area (Å²) in [5, 5.41) is 1.10. The first kappa shape index (κ1) is 11.7. The van der Waals surface area contributed by atoms with Crippen LogP contribution in [0.4, 0.5) is 4.79 Å². The lowest BCUT2D eigenvalue weighted by Gasteiger charge is -2.18. The highest BCUT2D eigenvalue weighted by Gasteiger charge is 2.12. The quantitative estimate of drug-likeness (QED) is 0.467. The second-order valence-electron chi connectivity index (χ2n) is 2.13. The number of hydroxylamine groups is 2. The molecule has 0 aliphatic heterocycles. The molecule has 0 radical (unpaired) electrons. The molecule has 0 unspecified atom stereocenters. The minimum absolute atomic E-state index is 0.270. The molecule has 0 heterocycles. The molecule has 74 valence electrons. The molecule has 0 aromatic rings. The Balaban J connectivity index is 3.97. The topological polar surface area (TPSA) is 38.8 Å². The van der Waals surface area contributed by atoms with Gasteiger partial charge in [-0.25, -0.2) is 4.79 Å². The number of rotatable bonds is 6. The Bertz CT molecular complexity index is 180. The summed E-state index contributed by atoms with van der Waals surface area (Å²) in [6, 6.07) is 0. The van der Waals surface area contributed by atoms with Crippen LogP contribution < -0.4 is 0 Å². The number of hydrogen-bond donors (Lipinski definition) is 0. The predicted octanol–water partition coefficient (Wildman–Crippen LogP) is 1.75. The average molecular weight is 185 g/mol. The molecule has 1 amide bonds. The van der Waals surface area contributed by atoms with E-state index in [9.17, 15) is 4.79 Å². The predicted molar refractivity (Wildman–Crippen MR) is 50.1 cm³/mol. The first-order chi connectivity index (χ1) is 6.26. The molecule has 0 fully saturated rings. The lowest BCUT2D eigenvalue weighted by Crippen LogP contribution is -2.32. The Labute approximate surface area is 78.4 Å². The minimum atomic E-state index is -0.510. The third-order valence-electron chi connectivity index (χ3n) is 1.11. The lowest BCUT2D eigenvalue weighted by molar-refractivity contribution is -0.118. The van der Waals surface area contributed by atoms with Crippen molar-refractivity contribution in [1.29, 1.82) is 0 Å². The number of hydrogen-bond acceptors (Lipinski definition) is 3. The van der Waals surface area contributed by atoms with Crippen LogP contribution in [-0.2, 0) is 9.57 Å². The van der Waals surface area contributed by atoms with Gasteiger partial charge in [0.25, 0.3) is 0 Å². The second kappa shape index (κ2) is 7.36. The van der Waals surface area contributed by atoms with Crippen molar-refractivity contribution < 1.29 is 14.4 Å². The Hall–Kier alpha value is -1.29. The maximum atomic E-state index is 11.1. The maximum absolute atomic E-state index is 11.1. The van der Waals surface area contributed by atoms with Gasteiger partial charge in [0.05, 0.1) is 19.8 Å². The SMILES string of the molecule is C=CCON(CC=C)C(=O)OCC. The van der Waals surface area contributed by atoms with Gasteiger partial charge in [-0.1, -0.05) is 12.2 Å². The molecule has 0 atom stereocenters. The van der Waals surface area contributed by atoms with E-state index < -0.39 is 6.09 Å². The number of carbonyl (C=O) groups is 1. The molecule has 0 rings (SSSR count). The summed E-state index contributed by atoms with van der Waals surface area (Å²) < 4.78 is 4.73. The van der Waals surface area contributed by atoms with Gasteiger partial charge < -0.3 is 4.74 Å². The van der Waals surface area contributed by atoms with Crippen LogP contribution in [0.15, 0.2) is 25.3 Å². The first-order valence-electron chi connectivity index (χ1n) is 4.05. The fourth-order valence-corrected chi connectivity index (χ4v) is 0.635. The van der Waals surface area contributed by atoms with Crippen LogP contribution in [0.5, 0.6) is 0 Å². The van der Waals surface area contributed by atoms with Gasteiger partial charge in [-0.2, -0.15) is 5.06 Å². The molecule has 0 bridgehead atoms. The van der Waals surface area contributed by atoms with Crippen LogP contribution in [0.25, 0.3) is 0 Å². The van der Waals surface area contributed by atoms with Crippen LogP contribution in [0.1, 0.15) is 6.92 Å². The van der Waals surface area contributed by atoms with Gasteiger partial charge in [0.1, 0.15) is 0 Å². The van der Waals surface area contributed by atoms with Gasteiger partial charge in [-0.3, -0.25) is 4.84 Å². The third-order valence-corrected chi connectivity index (χ3v) is 1.11. The van der Waals surface area contributed by atoms with Crippen molar-refractivity contribution >= 4 is 6.09 Å². The second-order valence-corrected chi connectivity index (χ2v) is 2.13. The van der Waals surface area contributed by atoms with E-state index in [-0.39, 0.29) is 6.61 Å². The minimum Gasteiger partial charge on any atom is -0.448 e. The molecular weight excluding hydrogens is 170 g/mol. The molecule has 13 heavy (non-hydrogen) atoms. The normalized spacial score (nSPS) is 9.00. The highest BCUT2D eigenvalue weighted by atomic mass is 16.7. The van der Waals surface area contributed by atoms with Gasteiger partial charge in [-0.05, 0) is 6.92 Å². The Morgan fingerprint density at radius 3 is 2.62 bits per heavy atom. The monoisotopic (exact) mass is 185 g/mol. The van der Waals surface area contributed by atoms with Gasteiger partial charge in [0, 0.05) is 0 Å². The van der Waals surface area contributed by atoms with E-state index in [1.165, 1.54) is 0 Å². The van der Waals surface area contributed by atoms with Gasteiger partial charge >= 0.3 is 6.09 Å². The summed E-state index contributed by atoms with van der Waals surface area (Å²) in [4.78, 5) is 16.2. The van der Waals surface area contributed by atoms with Gasteiger partial charge in [-0.15, -0.1) is 13.2 Å². The van der Waals surface area contributed by atoms with E-state index in [2.05, 4.69) is 13.2 Å².